The second-order valence-corrected chi connectivity index (χ2v) is 9.08. The summed E-state index contributed by atoms with van der Waals surface area (Å²) in [6.07, 6.45) is 2.06. The minimum Gasteiger partial charge on any atom is -0.465 e. The van der Waals surface area contributed by atoms with Crippen molar-refractivity contribution in [2.75, 3.05) is 60.2 Å². The fourth-order valence-corrected chi connectivity index (χ4v) is 4.63. The Hall–Kier alpha value is -2.85. The first-order valence-electron chi connectivity index (χ1n) is 9.38. The van der Waals surface area contributed by atoms with E-state index in [2.05, 4.69) is 14.8 Å². The largest absolute Gasteiger partial charge is 0.465 e. The molecule has 1 aromatic heterocycles. The molecule has 29 heavy (non-hydrogen) atoms. The third kappa shape index (κ3) is 3.85. The highest BCUT2D eigenvalue weighted by Crippen LogP contribution is 2.37. The van der Waals surface area contributed by atoms with E-state index in [1.54, 1.807) is 12.3 Å². The number of para-hydroxylation sites is 2. The smallest absolute Gasteiger partial charge is 0.411 e. The Kier molecular flexibility index (Phi) is 5.05. The molecule has 1 amide bonds. The van der Waals surface area contributed by atoms with Crippen LogP contribution in [0.15, 0.2) is 42.6 Å². The lowest BCUT2D eigenvalue weighted by Gasteiger charge is -2.37. The molecule has 0 aliphatic carbocycles. The predicted octanol–water partition coefficient (Wildman–Crippen LogP) is 1.80. The summed E-state index contributed by atoms with van der Waals surface area (Å²) in [6.45, 7) is 3.01. The highest BCUT2D eigenvalue weighted by molar-refractivity contribution is 7.88. The van der Waals surface area contributed by atoms with Gasteiger partial charge in [0.25, 0.3) is 0 Å². The average Bonchev–Trinajstić information content (AvgIpc) is 2.72. The number of benzene rings is 1. The zero-order chi connectivity index (χ0) is 20.6. The van der Waals surface area contributed by atoms with E-state index in [9.17, 15) is 18.3 Å². The number of hydrogen-bond acceptors (Lipinski definition) is 6. The average molecular weight is 417 g/mol. The first-order valence-corrected chi connectivity index (χ1v) is 11.2. The molecular weight excluding hydrogens is 394 g/mol. The monoisotopic (exact) mass is 417 g/mol. The van der Waals surface area contributed by atoms with E-state index in [1.807, 2.05) is 30.3 Å². The van der Waals surface area contributed by atoms with Crippen LogP contribution >= 0.6 is 0 Å². The van der Waals surface area contributed by atoms with Crippen LogP contribution in [-0.2, 0) is 10.0 Å². The molecule has 0 saturated carbocycles. The van der Waals surface area contributed by atoms with Gasteiger partial charge in [-0.05, 0) is 24.3 Å². The quantitative estimate of drug-likeness (QED) is 0.813. The molecule has 1 saturated heterocycles. The molecule has 1 aromatic carbocycles. The highest BCUT2D eigenvalue weighted by Gasteiger charge is 2.28. The number of carboxylic acid groups (broad SMARTS) is 1. The van der Waals surface area contributed by atoms with Crippen LogP contribution in [0.2, 0.25) is 0 Å². The molecule has 2 aliphatic heterocycles. The van der Waals surface area contributed by atoms with Gasteiger partial charge in [-0.25, -0.2) is 18.2 Å². The van der Waals surface area contributed by atoms with E-state index in [4.69, 9.17) is 0 Å². The zero-order valence-electron chi connectivity index (χ0n) is 16.1. The normalized spacial score (nSPS) is 17.9. The molecule has 2 aromatic rings. The number of rotatable bonds is 3. The molecular formula is C19H23N5O4S. The van der Waals surface area contributed by atoms with Gasteiger partial charge in [0.2, 0.25) is 10.0 Å². The number of anilines is 4. The zero-order valence-corrected chi connectivity index (χ0v) is 16.9. The third-order valence-electron chi connectivity index (χ3n) is 5.32. The van der Waals surface area contributed by atoms with Gasteiger partial charge in [0.05, 0.1) is 29.5 Å². The predicted molar refractivity (Wildman–Crippen MR) is 112 cm³/mol. The lowest BCUT2D eigenvalue weighted by atomic mass is 10.1. The molecule has 0 radical (unpaired) electrons. The van der Waals surface area contributed by atoms with E-state index >= 15 is 0 Å². The van der Waals surface area contributed by atoms with Gasteiger partial charge in [-0.2, -0.15) is 4.31 Å². The Labute approximate surface area is 169 Å². The highest BCUT2D eigenvalue weighted by atomic mass is 32.2. The molecule has 10 heteroatoms. The second-order valence-electron chi connectivity index (χ2n) is 7.10. The Morgan fingerprint density at radius 3 is 2.24 bits per heavy atom. The molecule has 0 unspecified atom stereocenters. The van der Waals surface area contributed by atoms with Crippen molar-refractivity contribution in [2.45, 2.75) is 0 Å². The van der Waals surface area contributed by atoms with Crippen molar-refractivity contribution < 1.29 is 18.3 Å². The summed E-state index contributed by atoms with van der Waals surface area (Å²) < 4.78 is 24.8. The van der Waals surface area contributed by atoms with Crippen LogP contribution in [0.25, 0.3) is 0 Å². The Bertz CT molecular complexity index is 1000. The minimum absolute atomic E-state index is 0.377. The maximum atomic E-state index is 11.7. The lowest BCUT2D eigenvalue weighted by Crippen LogP contribution is -2.48. The van der Waals surface area contributed by atoms with E-state index in [0.717, 1.165) is 17.2 Å². The van der Waals surface area contributed by atoms with Crippen LogP contribution in [0, 0.1) is 0 Å². The van der Waals surface area contributed by atoms with E-state index in [0.29, 0.717) is 45.0 Å². The van der Waals surface area contributed by atoms with E-state index < -0.39 is 16.1 Å². The summed E-state index contributed by atoms with van der Waals surface area (Å²) in [6, 6.07) is 11.3. The van der Waals surface area contributed by atoms with Crippen LogP contribution in [0.5, 0.6) is 0 Å². The number of piperazine rings is 1. The maximum absolute atomic E-state index is 11.7. The van der Waals surface area contributed by atoms with Crippen molar-refractivity contribution in [3.63, 3.8) is 0 Å². The van der Waals surface area contributed by atoms with Gasteiger partial charge in [0.15, 0.2) is 0 Å². The molecule has 154 valence electrons. The van der Waals surface area contributed by atoms with E-state index in [1.165, 1.54) is 15.5 Å². The number of sulfonamides is 1. The summed E-state index contributed by atoms with van der Waals surface area (Å²) in [5, 5.41) is 9.44. The van der Waals surface area contributed by atoms with Gasteiger partial charge in [-0.1, -0.05) is 12.1 Å². The fourth-order valence-electron chi connectivity index (χ4n) is 3.80. The number of pyridine rings is 1. The van der Waals surface area contributed by atoms with Gasteiger partial charge < -0.3 is 14.9 Å². The van der Waals surface area contributed by atoms with Crippen LogP contribution < -0.4 is 14.7 Å². The molecule has 0 bridgehead atoms. The first-order chi connectivity index (χ1) is 13.8. The van der Waals surface area contributed by atoms with Crippen molar-refractivity contribution in [1.29, 1.82) is 0 Å². The van der Waals surface area contributed by atoms with Crippen LogP contribution in [-0.4, -0.2) is 74.4 Å². The summed E-state index contributed by atoms with van der Waals surface area (Å²) in [5.41, 5.74) is 2.38. The second kappa shape index (κ2) is 7.53. The van der Waals surface area contributed by atoms with Crippen molar-refractivity contribution in [2.24, 2.45) is 0 Å². The van der Waals surface area contributed by atoms with Gasteiger partial charge >= 0.3 is 6.09 Å². The van der Waals surface area contributed by atoms with Crippen LogP contribution in [0.1, 0.15) is 0 Å². The number of hydrogen-bond donors (Lipinski definition) is 1. The Balaban J connectivity index is 1.52. The van der Waals surface area contributed by atoms with Crippen LogP contribution in [0.4, 0.5) is 27.7 Å². The topological polar surface area (TPSA) is 97.3 Å². The third-order valence-corrected chi connectivity index (χ3v) is 6.62. The molecule has 1 N–H and O–H groups in total. The number of fused-ring (bicyclic) bond motifs is 1. The maximum Gasteiger partial charge on any atom is 0.411 e. The first kappa shape index (κ1) is 19.5. The van der Waals surface area contributed by atoms with Gasteiger partial charge in [-0.15, -0.1) is 0 Å². The summed E-state index contributed by atoms with van der Waals surface area (Å²) in [5.74, 6) is 0.805. The standard InChI is InChI=1S/C19H23N5O4S/c1-29(27,28)22-10-8-21(9-11-22)18-7-6-15(14-20-18)23-12-13-24(19(25)26)17-5-3-2-4-16(17)23/h2-7,14H,8-13H2,1H3,(H,25,26). The fraction of sp³-hybridized carbons (Fsp3) is 0.368. The van der Waals surface area contributed by atoms with Crippen molar-refractivity contribution in [3.05, 3.63) is 42.6 Å². The molecule has 0 spiro atoms. The number of aromatic nitrogens is 1. The summed E-state index contributed by atoms with van der Waals surface area (Å²) >= 11 is 0. The summed E-state index contributed by atoms with van der Waals surface area (Å²) in [7, 11) is -3.16. The number of nitrogens with zero attached hydrogens (tertiary/aromatic N) is 5. The molecule has 0 atom stereocenters. The number of amides is 1. The molecule has 1 fully saturated rings. The van der Waals surface area contributed by atoms with Crippen molar-refractivity contribution in [1.82, 2.24) is 9.29 Å². The van der Waals surface area contributed by atoms with E-state index in [-0.39, 0.29) is 0 Å². The van der Waals surface area contributed by atoms with Gasteiger partial charge in [-0.3, -0.25) is 4.90 Å². The Morgan fingerprint density at radius 2 is 1.66 bits per heavy atom. The van der Waals surface area contributed by atoms with Gasteiger partial charge in [0, 0.05) is 39.3 Å². The van der Waals surface area contributed by atoms with Gasteiger partial charge in [0.1, 0.15) is 5.82 Å². The van der Waals surface area contributed by atoms with Crippen LogP contribution in [0.3, 0.4) is 0 Å². The minimum atomic E-state index is -3.16. The number of carbonyl (C=O) groups is 1. The Morgan fingerprint density at radius 1 is 0.966 bits per heavy atom. The molecule has 9 nitrogen and oxygen atoms in total. The molecule has 4 rings (SSSR count). The lowest BCUT2D eigenvalue weighted by molar-refractivity contribution is 0.201. The van der Waals surface area contributed by atoms with Crippen molar-refractivity contribution >= 4 is 39.0 Å². The SMILES string of the molecule is CS(=O)(=O)N1CCN(c2ccc(N3CCN(C(=O)O)c4ccccc43)cn2)CC1. The van der Waals surface area contributed by atoms with Crippen molar-refractivity contribution in [3.8, 4) is 0 Å². The molecule has 2 aliphatic rings. The summed E-state index contributed by atoms with van der Waals surface area (Å²) in [4.78, 5) is 21.6. The molecule has 3 heterocycles.